The largest absolute Gasteiger partial charge is 0.379 e. The number of ether oxygens (including phenoxy) is 2. The maximum Gasteiger partial charge on any atom is 0.191 e. The van der Waals surface area contributed by atoms with Gasteiger partial charge in [0.15, 0.2) is 11.8 Å². The first-order valence-electron chi connectivity index (χ1n) is 10.0. The van der Waals surface area contributed by atoms with Gasteiger partial charge in [-0.05, 0) is 37.8 Å². The van der Waals surface area contributed by atoms with Crippen LogP contribution in [0.15, 0.2) is 35.6 Å². The third-order valence-electron chi connectivity index (χ3n) is 4.47. The highest BCUT2D eigenvalue weighted by molar-refractivity contribution is 14.0. The third kappa shape index (κ3) is 8.27. The summed E-state index contributed by atoms with van der Waals surface area (Å²) in [7, 11) is 0. The van der Waals surface area contributed by atoms with E-state index < -0.39 is 0 Å². The molecule has 0 radical (unpaired) electrons. The lowest BCUT2D eigenvalue weighted by atomic mass is 10.1. The summed E-state index contributed by atoms with van der Waals surface area (Å²) >= 11 is 0. The van der Waals surface area contributed by atoms with Crippen LogP contribution in [0, 0.1) is 0 Å². The van der Waals surface area contributed by atoms with Crippen LogP contribution in [0.1, 0.15) is 31.7 Å². The van der Waals surface area contributed by atoms with E-state index >= 15 is 0 Å². The van der Waals surface area contributed by atoms with E-state index in [0.29, 0.717) is 19.3 Å². The molecule has 0 aliphatic carbocycles. The Bertz CT molecular complexity index is 720. The van der Waals surface area contributed by atoms with Crippen molar-refractivity contribution >= 4 is 29.9 Å². The van der Waals surface area contributed by atoms with E-state index in [-0.39, 0.29) is 24.0 Å². The fraction of sp³-hybridized carbons (Fsp3) is 0.550. The molecule has 1 atom stereocenters. The quantitative estimate of drug-likeness (QED) is 0.195. The van der Waals surface area contributed by atoms with Crippen molar-refractivity contribution in [2.24, 2.45) is 4.99 Å². The number of hydrogen-bond acceptors (Lipinski definition) is 5. The maximum absolute atomic E-state index is 5.70. The van der Waals surface area contributed by atoms with Crippen LogP contribution in [0.5, 0.6) is 0 Å². The zero-order valence-corrected chi connectivity index (χ0v) is 19.2. The Morgan fingerprint density at radius 2 is 2.31 bits per heavy atom. The molecule has 8 nitrogen and oxygen atoms in total. The van der Waals surface area contributed by atoms with E-state index in [1.165, 1.54) is 6.33 Å². The Balaban J connectivity index is 0.00000300. The molecule has 0 saturated carbocycles. The van der Waals surface area contributed by atoms with Crippen LogP contribution in [-0.4, -0.2) is 60.2 Å². The molecule has 0 spiro atoms. The van der Waals surface area contributed by atoms with Crippen molar-refractivity contribution in [3.63, 3.8) is 0 Å². The molecular weight excluding hydrogens is 483 g/mol. The number of rotatable bonds is 10. The average molecular weight is 514 g/mol. The van der Waals surface area contributed by atoms with Gasteiger partial charge in [-0.3, -0.25) is 5.10 Å². The van der Waals surface area contributed by atoms with Gasteiger partial charge in [-0.15, -0.1) is 24.0 Å². The fourth-order valence-electron chi connectivity index (χ4n) is 3.05. The Labute approximate surface area is 189 Å². The SMILES string of the molecule is CCNC(=NCc1cccc(-c2ncn[nH]2)c1)NCCCOCC1CCCO1.I. The van der Waals surface area contributed by atoms with Crippen LogP contribution in [0.2, 0.25) is 0 Å². The number of halogens is 1. The van der Waals surface area contributed by atoms with Crippen molar-refractivity contribution in [2.45, 2.75) is 38.8 Å². The summed E-state index contributed by atoms with van der Waals surface area (Å²) in [6.07, 6.45) is 5.00. The number of guanidine groups is 1. The van der Waals surface area contributed by atoms with Crippen LogP contribution < -0.4 is 10.6 Å². The third-order valence-corrected chi connectivity index (χ3v) is 4.47. The minimum Gasteiger partial charge on any atom is -0.379 e. The highest BCUT2D eigenvalue weighted by Crippen LogP contribution is 2.16. The number of nitrogens with zero attached hydrogens (tertiary/aromatic N) is 3. The maximum atomic E-state index is 5.70. The second-order valence-electron chi connectivity index (χ2n) is 6.72. The van der Waals surface area contributed by atoms with Crippen LogP contribution >= 0.6 is 24.0 Å². The number of aromatic amines is 1. The highest BCUT2D eigenvalue weighted by Gasteiger charge is 2.14. The predicted molar refractivity (Wildman–Crippen MR) is 124 cm³/mol. The zero-order chi connectivity index (χ0) is 19.4. The van der Waals surface area contributed by atoms with Gasteiger partial charge in [0, 0.05) is 31.9 Å². The fourth-order valence-corrected chi connectivity index (χ4v) is 3.05. The summed E-state index contributed by atoms with van der Waals surface area (Å²) in [5.41, 5.74) is 2.12. The van der Waals surface area contributed by atoms with E-state index in [4.69, 9.17) is 9.47 Å². The molecule has 1 aliphatic rings. The van der Waals surface area contributed by atoms with Crippen molar-refractivity contribution in [3.05, 3.63) is 36.2 Å². The molecule has 1 unspecified atom stereocenters. The molecule has 1 aromatic carbocycles. The normalized spacial score (nSPS) is 16.4. The number of H-pyrrole nitrogens is 1. The minimum atomic E-state index is 0. The smallest absolute Gasteiger partial charge is 0.191 e. The molecule has 1 fully saturated rings. The van der Waals surface area contributed by atoms with Crippen LogP contribution in [0.4, 0.5) is 0 Å². The van der Waals surface area contributed by atoms with Gasteiger partial charge in [0.05, 0.1) is 19.3 Å². The van der Waals surface area contributed by atoms with Gasteiger partial charge < -0.3 is 20.1 Å². The first-order chi connectivity index (χ1) is 13.8. The zero-order valence-electron chi connectivity index (χ0n) is 16.9. The predicted octanol–water partition coefficient (Wildman–Crippen LogP) is 2.73. The lowest BCUT2D eigenvalue weighted by Gasteiger charge is -2.13. The first kappa shape index (κ1) is 23.6. The van der Waals surface area contributed by atoms with E-state index in [9.17, 15) is 0 Å². The van der Waals surface area contributed by atoms with E-state index in [1.54, 1.807) is 0 Å². The number of hydrogen-bond donors (Lipinski definition) is 3. The number of aromatic nitrogens is 3. The van der Waals surface area contributed by atoms with Crippen LogP contribution in [-0.2, 0) is 16.0 Å². The summed E-state index contributed by atoms with van der Waals surface area (Å²) in [5, 5.41) is 13.4. The summed E-state index contributed by atoms with van der Waals surface area (Å²) < 4.78 is 11.3. The molecule has 3 N–H and O–H groups in total. The van der Waals surface area contributed by atoms with Crippen molar-refractivity contribution in [1.82, 2.24) is 25.8 Å². The minimum absolute atomic E-state index is 0. The summed E-state index contributed by atoms with van der Waals surface area (Å²) in [6, 6.07) is 8.15. The highest BCUT2D eigenvalue weighted by atomic mass is 127. The Hall–Kier alpha value is -1.72. The van der Waals surface area contributed by atoms with Gasteiger partial charge in [-0.1, -0.05) is 18.2 Å². The summed E-state index contributed by atoms with van der Waals surface area (Å²) in [6.45, 7) is 6.59. The summed E-state index contributed by atoms with van der Waals surface area (Å²) in [5.74, 6) is 1.57. The summed E-state index contributed by atoms with van der Waals surface area (Å²) in [4.78, 5) is 8.87. The van der Waals surface area contributed by atoms with E-state index in [2.05, 4.69) is 49.9 Å². The standard InChI is InChI=1S/C20H30N6O2.HI/c1-2-21-20(22-9-5-10-27-14-18-8-4-11-28-18)23-13-16-6-3-7-17(12-16)19-24-15-25-26-19;/h3,6-7,12,15,18H,2,4-5,8-11,13-14H2,1H3,(H2,21,22,23)(H,24,25,26);1H. The molecule has 9 heteroatoms. The van der Waals surface area contributed by atoms with Gasteiger partial charge in [-0.2, -0.15) is 5.10 Å². The molecule has 1 saturated heterocycles. The second-order valence-corrected chi connectivity index (χ2v) is 6.72. The topological polar surface area (TPSA) is 96.5 Å². The first-order valence-corrected chi connectivity index (χ1v) is 10.0. The van der Waals surface area contributed by atoms with Gasteiger partial charge >= 0.3 is 0 Å². The van der Waals surface area contributed by atoms with Crippen LogP contribution in [0.25, 0.3) is 11.4 Å². The molecule has 160 valence electrons. The van der Waals surface area contributed by atoms with Crippen LogP contribution in [0.3, 0.4) is 0 Å². The van der Waals surface area contributed by atoms with E-state index in [1.807, 2.05) is 12.1 Å². The van der Waals surface area contributed by atoms with Crippen molar-refractivity contribution in [2.75, 3.05) is 32.9 Å². The molecule has 1 aromatic heterocycles. The lowest BCUT2D eigenvalue weighted by molar-refractivity contribution is 0.0168. The molecule has 0 amide bonds. The van der Waals surface area contributed by atoms with Crippen molar-refractivity contribution in [1.29, 1.82) is 0 Å². The Kier molecular flexibility index (Phi) is 11.0. The molecule has 3 rings (SSSR count). The molecule has 0 bridgehead atoms. The number of aliphatic imine (C=N–C) groups is 1. The van der Waals surface area contributed by atoms with Crippen molar-refractivity contribution in [3.8, 4) is 11.4 Å². The lowest BCUT2D eigenvalue weighted by Crippen LogP contribution is -2.38. The Morgan fingerprint density at radius 1 is 1.38 bits per heavy atom. The van der Waals surface area contributed by atoms with Gasteiger partial charge in [-0.25, -0.2) is 9.98 Å². The van der Waals surface area contributed by atoms with Gasteiger partial charge in [0.25, 0.3) is 0 Å². The van der Waals surface area contributed by atoms with Crippen molar-refractivity contribution < 1.29 is 9.47 Å². The number of nitrogens with one attached hydrogen (secondary N) is 3. The van der Waals surface area contributed by atoms with E-state index in [0.717, 1.165) is 68.5 Å². The second kappa shape index (κ2) is 13.5. The van der Waals surface area contributed by atoms with Gasteiger partial charge in [0.1, 0.15) is 6.33 Å². The average Bonchev–Trinajstić information content (AvgIpc) is 3.43. The molecular formula is C20H31IN6O2. The van der Waals surface area contributed by atoms with Gasteiger partial charge in [0.2, 0.25) is 0 Å². The molecule has 2 heterocycles. The molecule has 29 heavy (non-hydrogen) atoms. The molecule has 2 aromatic rings. The monoisotopic (exact) mass is 514 g/mol. The molecule has 1 aliphatic heterocycles. The Morgan fingerprint density at radius 3 is 3.07 bits per heavy atom. The number of benzene rings is 1.